The maximum atomic E-state index is 11.7. The Bertz CT molecular complexity index is 415. The molecule has 0 fully saturated rings. The topological polar surface area (TPSA) is 71.3 Å². The van der Waals surface area contributed by atoms with E-state index < -0.39 is 5.97 Å². The van der Waals surface area contributed by atoms with Crippen LogP contribution in [0.3, 0.4) is 0 Å². The Hall–Kier alpha value is -1.49. The highest BCUT2D eigenvalue weighted by molar-refractivity contribution is 6.31. The Morgan fingerprint density at radius 3 is 2.71 bits per heavy atom. The number of carbonyl (C=O) groups is 2. The number of nitrogens with one attached hydrogen (secondary N) is 1. The van der Waals surface area contributed by atoms with E-state index in [4.69, 9.17) is 16.7 Å². The van der Waals surface area contributed by atoms with Crippen molar-refractivity contribution in [3.05, 3.63) is 23.0 Å². The Morgan fingerprint density at radius 1 is 1.47 bits per heavy atom. The second-order valence-corrected chi connectivity index (χ2v) is 4.20. The largest absolute Gasteiger partial charge is 0.481 e. The number of unbranched alkanes of at least 4 members (excludes halogenated alkanes) is 1. The van der Waals surface area contributed by atoms with Crippen LogP contribution in [0.15, 0.2) is 12.3 Å². The lowest BCUT2D eigenvalue weighted by atomic mass is 10.2. The first-order chi connectivity index (χ1) is 8.00. The molecule has 0 saturated heterocycles. The van der Waals surface area contributed by atoms with Crippen molar-refractivity contribution in [3.63, 3.8) is 0 Å². The van der Waals surface area contributed by atoms with Gasteiger partial charge in [-0.1, -0.05) is 11.6 Å². The van der Waals surface area contributed by atoms with E-state index in [1.54, 1.807) is 23.9 Å². The van der Waals surface area contributed by atoms with Gasteiger partial charge in [-0.05, 0) is 18.9 Å². The van der Waals surface area contributed by atoms with Crippen LogP contribution in [-0.4, -0.2) is 28.1 Å². The van der Waals surface area contributed by atoms with Gasteiger partial charge >= 0.3 is 5.97 Å². The molecular weight excluding hydrogens is 244 g/mol. The Labute approximate surface area is 104 Å². The van der Waals surface area contributed by atoms with E-state index in [-0.39, 0.29) is 12.3 Å². The summed E-state index contributed by atoms with van der Waals surface area (Å²) >= 11 is 5.76. The average molecular weight is 259 g/mol. The van der Waals surface area contributed by atoms with E-state index >= 15 is 0 Å². The molecule has 1 rings (SSSR count). The molecule has 0 aromatic carbocycles. The number of amides is 1. The van der Waals surface area contributed by atoms with Crippen LogP contribution >= 0.6 is 11.6 Å². The van der Waals surface area contributed by atoms with Crippen LogP contribution in [0.4, 0.5) is 0 Å². The fourth-order valence-corrected chi connectivity index (χ4v) is 1.69. The number of hydrogen-bond donors (Lipinski definition) is 2. The first-order valence-electron chi connectivity index (χ1n) is 5.32. The zero-order valence-electron chi connectivity index (χ0n) is 9.57. The molecule has 0 unspecified atom stereocenters. The van der Waals surface area contributed by atoms with Crippen LogP contribution in [0.1, 0.15) is 29.8 Å². The predicted molar refractivity (Wildman–Crippen MR) is 64.2 cm³/mol. The van der Waals surface area contributed by atoms with Crippen LogP contribution in [0.5, 0.6) is 0 Å². The molecule has 1 amide bonds. The summed E-state index contributed by atoms with van der Waals surface area (Å²) in [6, 6.07) is 1.59. The van der Waals surface area contributed by atoms with E-state index in [9.17, 15) is 9.59 Å². The predicted octanol–water partition coefficient (Wildman–Crippen LogP) is 1.66. The lowest BCUT2D eigenvalue weighted by molar-refractivity contribution is -0.137. The van der Waals surface area contributed by atoms with E-state index in [0.717, 1.165) is 0 Å². The van der Waals surface area contributed by atoms with Crippen LogP contribution in [0, 0.1) is 0 Å². The van der Waals surface area contributed by atoms with Crippen LogP contribution in [-0.2, 0) is 11.8 Å². The van der Waals surface area contributed by atoms with Crippen molar-refractivity contribution in [2.24, 2.45) is 7.05 Å². The SMILES string of the molecule is Cn1cc(Cl)cc1C(=O)NCCCCC(=O)O. The molecule has 0 radical (unpaired) electrons. The van der Waals surface area contributed by atoms with Crippen molar-refractivity contribution in [2.45, 2.75) is 19.3 Å². The third-order valence-electron chi connectivity index (χ3n) is 2.31. The minimum Gasteiger partial charge on any atom is -0.481 e. The van der Waals surface area contributed by atoms with E-state index in [1.807, 2.05) is 0 Å². The number of nitrogens with zero attached hydrogens (tertiary/aromatic N) is 1. The molecule has 0 atom stereocenters. The van der Waals surface area contributed by atoms with Gasteiger partial charge in [0.25, 0.3) is 5.91 Å². The highest BCUT2D eigenvalue weighted by Gasteiger charge is 2.10. The van der Waals surface area contributed by atoms with Crippen molar-refractivity contribution in [2.75, 3.05) is 6.54 Å². The van der Waals surface area contributed by atoms with Crippen molar-refractivity contribution >= 4 is 23.5 Å². The number of carboxylic acid groups (broad SMARTS) is 1. The number of halogens is 1. The summed E-state index contributed by atoms with van der Waals surface area (Å²) in [6.45, 7) is 0.467. The first kappa shape index (κ1) is 13.6. The zero-order chi connectivity index (χ0) is 12.8. The Kier molecular flexibility index (Phi) is 5.03. The lowest BCUT2D eigenvalue weighted by Gasteiger charge is -2.05. The summed E-state index contributed by atoms with van der Waals surface area (Å²) in [4.78, 5) is 21.9. The second-order valence-electron chi connectivity index (χ2n) is 3.76. The number of aromatic nitrogens is 1. The number of aliphatic carboxylic acids is 1. The standard InChI is InChI=1S/C11H15ClN2O3/c1-14-7-8(12)6-9(14)11(17)13-5-3-2-4-10(15)16/h6-7H,2-5H2,1H3,(H,13,17)(H,15,16). The molecule has 1 heterocycles. The van der Waals surface area contributed by atoms with Crippen molar-refractivity contribution in [1.29, 1.82) is 0 Å². The molecule has 1 aromatic heterocycles. The normalized spacial score (nSPS) is 10.2. The molecule has 0 saturated carbocycles. The molecule has 2 N–H and O–H groups in total. The molecule has 0 bridgehead atoms. The fraction of sp³-hybridized carbons (Fsp3) is 0.455. The number of aryl methyl sites for hydroxylation is 1. The molecule has 0 spiro atoms. The summed E-state index contributed by atoms with van der Waals surface area (Å²) in [5.74, 6) is -1.01. The number of hydrogen-bond acceptors (Lipinski definition) is 2. The summed E-state index contributed by atoms with van der Waals surface area (Å²) in [6.07, 6.45) is 2.99. The molecule has 1 aromatic rings. The van der Waals surface area contributed by atoms with Gasteiger partial charge in [-0.25, -0.2) is 0 Å². The third kappa shape index (κ3) is 4.48. The summed E-state index contributed by atoms with van der Waals surface area (Å²) < 4.78 is 1.65. The smallest absolute Gasteiger partial charge is 0.303 e. The van der Waals surface area contributed by atoms with Crippen molar-refractivity contribution < 1.29 is 14.7 Å². The van der Waals surface area contributed by atoms with Crippen molar-refractivity contribution in [1.82, 2.24) is 9.88 Å². The van der Waals surface area contributed by atoms with Gasteiger partial charge < -0.3 is 15.0 Å². The number of rotatable bonds is 6. The molecule has 17 heavy (non-hydrogen) atoms. The van der Waals surface area contributed by atoms with Gasteiger partial charge in [0.05, 0.1) is 5.02 Å². The second kappa shape index (κ2) is 6.30. The van der Waals surface area contributed by atoms with E-state index in [0.29, 0.717) is 30.1 Å². The van der Waals surface area contributed by atoms with Gasteiger partial charge in [0.15, 0.2) is 0 Å². The molecule has 5 nitrogen and oxygen atoms in total. The van der Waals surface area contributed by atoms with Crippen LogP contribution < -0.4 is 5.32 Å². The van der Waals surface area contributed by atoms with Gasteiger partial charge in [0.1, 0.15) is 5.69 Å². The molecular formula is C11H15ClN2O3. The molecule has 0 aliphatic rings. The lowest BCUT2D eigenvalue weighted by Crippen LogP contribution is -2.26. The maximum Gasteiger partial charge on any atom is 0.303 e. The van der Waals surface area contributed by atoms with Crippen LogP contribution in [0.2, 0.25) is 5.02 Å². The monoisotopic (exact) mass is 258 g/mol. The maximum absolute atomic E-state index is 11.7. The summed E-state index contributed by atoms with van der Waals surface area (Å²) in [5, 5.41) is 11.7. The Balaban J connectivity index is 2.30. The zero-order valence-corrected chi connectivity index (χ0v) is 10.3. The number of carbonyl (C=O) groups excluding carboxylic acids is 1. The van der Waals surface area contributed by atoms with Gasteiger partial charge in [-0.2, -0.15) is 0 Å². The minimum atomic E-state index is -0.814. The van der Waals surface area contributed by atoms with Crippen molar-refractivity contribution in [3.8, 4) is 0 Å². The van der Waals surface area contributed by atoms with Crippen LogP contribution in [0.25, 0.3) is 0 Å². The van der Waals surface area contributed by atoms with E-state index in [1.165, 1.54) is 0 Å². The third-order valence-corrected chi connectivity index (χ3v) is 2.51. The highest BCUT2D eigenvalue weighted by Crippen LogP contribution is 2.12. The average Bonchev–Trinajstić information content (AvgIpc) is 2.56. The summed E-state index contributed by atoms with van der Waals surface area (Å²) in [7, 11) is 1.74. The molecule has 0 aliphatic heterocycles. The fourth-order valence-electron chi connectivity index (χ4n) is 1.44. The highest BCUT2D eigenvalue weighted by atomic mass is 35.5. The molecule has 0 aliphatic carbocycles. The molecule has 6 heteroatoms. The minimum absolute atomic E-state index is 0.131. The van der Waals surface area contributed by atoms with Gasteiger partial charge in [-0.15, -0.1) is 0 Å². The van der Waals surface area contributed by atoms with Gasteiger partial charge in [0.2, 0.25) is 0 Å². The molecule has 94 valence electrons. The summed E-state index contributed by atoms with van der Waals surface area (Å²) in [5.41, 5.74) is 0.494. The van der Waals surface area contributed by atoms with Gasteiger partial charge in [0, 0.05) is 26.2 Å². The number of carboxylic acids is 1. The Morgan fingerprint density at radius 2 is 2.18 bits per heavy atom. The van der Waals surface area contributed by atoms with E-state index in [2.05, 4.69) is 5.32 Å². The first-order valence-corrected chi connectivity index (χ1v) is 5.70. The van der Waals surface area contributed by atoms with Gasteiger partial charge in [-0.3, -0.25) is 9.59 Å². The quantitative estimate of drug-likeness (QED) is 0.763.